The summed E-state index contributed by atoms with van der Waals surface area (Å²) < 4.78 is 33.7. The zero-order valence-corrected chi connectivity index (χ0v) is 19.7. The van der Waals surface area contributed by atoms with Gasteiger partial charge in [-0.2, -0.15) is 5.10 Å². The SMILES string of the molecule is COc1ccc(Cl)cc1/C=N\NC(=O)C[C@@H](NS(=O)(=O)c1ccc(C)cc1)c1ccccc1. The van der Waals surface area contributed by atoms with Gasteiger partial charge in [0.15, 0.2) is 0 Å². The van der Waals surface area contributed by atoms with Crippen molar-refractivity contribution in [2.24, 2.45) is 5.10 Å². The van der Waals surface area contributed by atoms with E-state index >= 15 is 0 Å². The van der Waals surface area contributed by atoms with E-state index in [1.165, 1.54) is 25.5 Å². The number of methoxy groups -OCH3 is 1. The topological polar surface area (TPSA) is 96.9 Å². The average molecular weight is 486 g/mol. The molecule has 1 amide bonds. The van der Waals surface area contributed by atoms with Crippen LogP contribution in [-0.4, -0.2) is 27.6 Å². The summed E-state index contributed by atoms with van der Waals surface area (Å²) in [6.07, 6.45) is 1.26. The summed E-state index contributed by atoms with van der Waals surface area (Å²) in [5.41, 5.74) is 4.62. The molecule has 0 saturated heterocycles. The first-order chi connectivity index (χ1) is 15.8. The first kappa shape index (κ1) is 24.4. The van der Waals surface area contributed by atoms with Crippen molar-refractivity contribution in [2.75, 3.05) is 7.11 Å². The second-order valence-electron chi connectivity index (χ2n) is 7.28. The molecule has 0 aliphatic rings. The standard InChI is InChI=1S/C24H24ClN3O4S/c1-17-8-11-21(12-9-17)33(30,31)28-22(18-6-4-3-5-7-18)15-24(29)27-26-16-19-14-20(25)10-13-23(19)32-2/h3-14,16,22,28H,15H2,1-2H3,(H,27,29)/b26-16-/t22-/m1/s1. The molecule has 1 atom stereocenters. The first-order valence-electron chi connectivity index (χ1n) is 10.1. The third-order valence-electron chi connectivity index (χ3n) is 4.80. The number of benzene rings is 3. The van der Waals surface area contributed by atoms with Gasteiger partial charge in [-0.3, -0.25) is 4.79 Å². The molecule has 3 aromatic carbocycles. The highest BCUT2D eigenvalue weighted by Crippen LogP contribution is 2.22. The Bertz CT molecular complexity index is 1230. The van der Waals surface area contributed by atoms with Crippen LogP contribution in [0.4, 0.5) is 0 Å². The van der Waals surface area contributed by atoms with E-state index in [4.69, 9.17) is 16.3 Å². The lowest BCUT2D eigenvalue weighted by molar-refractivity contribution is -0.121. The Hall–Kier alpha value is -3.20. The molecule has 3 rings (SSSR count). The lowest BCUT2D eigenvalue weighted by Gasteiger charge is -2.18. The minimum Gasteiger partial charge on any atom is -0.496 e. The summed E-state index contributed by atoms with van der Waals surface area (Å²) in [6, 6.07) is 19.6. The predicted molar refractivity (Wildman–Crippen MR) is 129 cm³/mol. The molecule has 0 aliphatic carbocycles. The number of carbonyl (C=O) groups is 1. The summed E-state index contributed by atoms with van der Waals surface area (Å²) in [7, 11) is -2.33. The third kappa shape index (κ3) is 6.89. The van der Waals surface area contributed by atoms with Crippen LogP contribution in [0.3, 0.4) is 0 Å². The molecule has 0 aromatic heterocycles. The van der Waals surface area contributed by atoms with Gasteiger partial charge in [-0.15, -0.1) is 0 Å². The van der Waals surface area contributed by atoms with Gasteiger partial charge in [0.25, 0.3) is 0 Å². The minimum absolute atomic E-state index is 0.125. The zero-order valence-electron chi connectivity index (χ0n) is 18.2. The Balaban J connectivity index is 1.75. The number of hydrogen-bond acceptors (Lipinski definition) is 5. The number of hydrazone groups is 1. The summed E-state index contributed by atoms with van der Waals surface area (Å²) in [6.45, 7) is 1.88. The van der Waals surface area contributed by atoms with Gasteiger partial charge in [-0.25, -0.2) is 18.6 Å². The van der Waals surface area contributed by atoms with E-state index in [0.29, 0.717) is 21.9 Å². The molecule has 0 radical (unpaired) electrons. The van der Waals surface area contributed by atoms with Crippen LogP contribution in [0, 0.1) is 6.92 Å². The minimum atomic E-state index is -3.85. The second-order valence-corrected chi connectivity index (χ2v) is 9.43. The molecule has 0 aliphatic heterocycles. The van der Waals surface area contributed by atoms with Crippen molar-refractivity contribution in [3.8, 4) is 5.75 Å². The molecular formula is C24H24ClN3O4S. The van der Waals surface area contributed by atoms with E-state index in [1.54, 1.807) is 54.6 Å². The fourth-order valence-electron chi connectivity index (χ4n) is 3.10. The van der Waals surface area contributed by atoms with Gasteiger partial charge in [0.2, 0.25) is 15.9 Å². The Morgan fingerprint density at radius 1 is 1.09 bits per heavy atom. The van der Waals surface area contributed by atoms with E-state index in [2.05, 4.69) is 15.2 Å². The fraction of sp³-hybridized carbons (Fsp3) is 0.167. The Morgan fingerprint density at radius 3 is 2.45 bits per heavy atom. The summed E-state index contributed by atoms with van der Waals surface area (Å²) in [4.78, 5) is 12.7. The van der Waals surface area contributed by atoms with Gasteiger partial charge < -0.3 is 4.74 Å². The normalized spacial score (nSPS) is 12.5. The molecule has 7 nitrogen and oxygen atoms in total. The maximum absolute atomic E-state index is 12.9. The molecule has 0 bridgehead atoms. The smallest absolute Gasteiger partial charge is 0.242 e. The van der Waals surface area contributed by atoms with E-state index in [1.807, 2.05) is 13.0 Å². The van der Waals surface area contributed by atoms with Crippen molar-refractivity contribution < 1.29 is 17.9 Å². The Morgan fingerprint density at radius 2 is 1.79 bits per heavy atom. The highest BCUT2D eigenvalue weighted by Gasteiger charge is 2.23. The Labute approximate surface area is 198 Å². The quantitative estimate of drug-likeness (QED) is 0.350. The largest absolute Gasteiger partial charge is 0.496 e. The lowest BCUT2D eigenvalue weighted by Crippen LogP contribution is -2.32. The van der Waals surface area contributed by atoms with Crippen LogP contribution in [0.5, 0.6) is 5.75 Å². The summed E-state index contributed by atoms with van der Waals surface area (Å²) in [5, 5.41) is 4.46. The lowest BCUT2D eigenvalue weighted by atomic mass is 10.0. The summed E-state index contributed by atoms with van der Waals surface area (Å²) >= 11 is 6.00. The number of hydrogen-bond donors (Lipinski definition) is 2. The number of nitrogens with one attached hydrogen (secondary N) is 2. The van der Waals surface area contributed by atoms with Crippen molar-refractivity contribution in [3.05, 3.63) is 94.5 Å². The summed E-state index contributed by atoms with van der Waals surface area (Å²) in [5.74, 6) is 0.0816. The molecule has 0 heterocycles. The van der Waals surface area contributed by atoms with Crippen molar-refractivity contribution >= 4 is 33.7 Å². The van der Waals surface area contributed by atoms with Crippen LogP contribution in [-0.2, 0) is 14.8 Å². The first-order valence-corrected chi connectivity index (χ1v) is 11.9. The van der Waals surface area contributed by atoms with E-state index in [-0.39, 0.29) is 11.3 Å². The van der Waals surface area contributed by atoms with Gasteiger partial charge in [0.1, 0.15) is 5.75 Å². The fourth-order valence-corrected chi connectivity index (χ4v) is 4.50. The van der Waals surface area contributed by atoms with Gasteiger partial charge >= 0.3 is 0 Å². The van der Waals surface area contributed by atoms with Crippen molar-refractivity contribution in [1.82, 2.24) is 10.1 Å². The Kier molecular flexibility index (Phi) is 8.21. The molecule has 0 fully saturated rings. The number of ether oxygens (including phenoxy) is 1. The van der Waals surface area contributed by atoms with Gasteiger partial charge in [-0.05, 0) is 42.8 Å². The molecule has 172 valence electrons. The second kappa shape index (κ2) is 11.1. The maximum Gasteiger partial charge on any atom is 0.242 e. The van der Waals surface area contributed by atoms with Crippen LogP contribution in [0.2, 0.25) is 5.02 Å². The zero-order chi connectivity index (χ0) is 23.8. The number of nitrogens with zero attached hydrogens (tertiary/aromatic N) is 1. The number of halogens is 1. The molecule has 2 N–H and O–H groups in total. The highest BCUT2D eigenvalue weighted by atomic mass is 35.5. The number of amides is 1. The third-order valence-corrected chi connectivity index (χ3v) is 6.53. The number of rotatable bonds is 9. The molecular weight excluding hydrogens is 462 g/mol. The average Bonchev–Trinajstić information content (AvgIpc) is 2.79. The van der Waals surface area contributed by atoms with Gasteiger partial charge in [-0.1, -0.05) is 59.6 Å². The van der Waals surface area contributed by atoms with Crippen LogP contribution < -0.4 is 14.9 Å². The van der Waals surface area contributed by atoms with E-state index in [9.17, 15) is 13.2 Å². The van der Waals surface area contributed by atoms with Crippen LogP contribution in [0.25, 0.3) is 0 Å². The van der Waals surface area contributed by atoms with Gasteiger partial charge in [0, 0.05) is 17.0 Å². The van der Waals surface area contributed by atoms with Crippen LogP contribution in [0.1, 0.15) is 29.2 Å². The van der Waals surface area contributed by atoms with Gasteiger partial charge in [0.05, 0.1) is 24.3 Å². The van der Waals surface area contributed by atoms with Crippen molar-refractivity contribution in [1.29, 1.82) is 0 Å². The number of carbonyl (C=O) groups excluding carboxylic acids is 1. The van der Waals surface area contributed by atoms with Crippen LogP contribution >= 0.6 is 11.6 Å². The maximum atomic E-state index is 12.9. The number of aryl methyl sites for hydroxylation is 1. The molecule has 9 heteroatoms. The van der Waals surface area contributed by atoms with Crippen molar-refractivity contribution in [3.63, 3.8) is 0 Å². The molecule has 0 spiro atoms. The van der Waals surface area contributed by atoms with Crippen LogP contribution in [0.15, 0.2) is 82.8 Å². The predicted octanol–water partition coefficient (Wildman–Crippen LogP) is 4.22. The molecule has 0 saturated carbocycles. The molecule has 33 heavy (non-hydrogen) atoms. The molecule has 3 aromatic rings. The van der Waals surface area contributed by atoms with E-state index in [0.717, 1.165) is 5.56 Å². The highest BCUT2D eigenvalue weighted by molar-refractivity contribution is 7.89. The molecule has 0 unspecified atom stereocenters. The van der Waals surface area contributed by atoms with Crippen molar-refractivity contribution in [2.45, 2.75) is 24.3 Å². The number of sulfonamides is 1. The monoisotopic (exact) mass is 485 g/mol. The van der Waals surface area contributed by atoms with E-state index < -0.39 is 22.0 Å².